The van der Waals surface area contributed by atoms with E-state index >= 15 is 0 Å². The van der Waals surface area contributed by atoms with E-state index in [1.54, 1.807) is 12.1 Å². The summed E-state index contributed by atoms with van der Waals surface area (Å²) in [6.45, 7) is 5.07. The summed E-state index contributed by atoms with van der Waals surface area (Å²) >= 11 is 0. The Labute approximate surface area is 153 Å². The monoisotopic (exact) mass is 349 g/mol. The van der Waals surface area contributed by atoms with Gasteiger partial charge in [0.1, 0.15) is 5.82 Å². The molecule has 2 atom stereocenters. The van der Waals surface area contributed by atoms with E-state index in [2.05, 4.69) is 39.0 Å². The summed E-state index contributed by atoms with van der Waals surface area (Å²) in [7, 11) is 0. The second-order valence-corrected chi connectivity index (χ2v) is 7.77. The average molecular weight is 349 g/mol. The molecule has 134 valence electrons. The molecule has 0 radical (unpaired) electrons. The van der Waals surface area contributed by atoms with E-state index in [-0.39, 0.29) is 5.82 Å². The fraction of sp³-hybridized carbons (Fsp3) is 0.364. The summed E-state index contributed by atoms with van der Waals surface area (Å²) < 4.78 is 14.0. The smallest absolute Gasteiger partial charge is 0.127 e. The lowest BCUT2D eigenvalue weighted by molar-refractivity contribution is 0.213. The zero-order valence-electron chi connectivity index (χ0n) is 14.9. The molecule has 0 amide bonds. The van der Waals surface area contributed by atoms with Gasteiger partial charge in [0, 0.05) is 49.5 Å². The van der Waals surface area contributed by atoms with Gasteiger partial charge in [0.15, 0.2) is 0 Å². The molecule has 1 aromatic heterocycles. The number of H-pyrrole nitrogens is 1. The van der Waals surface area contributed by atoms with Crippen LogP contribution in [-0.4, -0.2) is 40.5 Å². The molecule has 0 bridgehead atoms. The second-order valence-electron chi connectivity index (χ2n) is 7.77. The molecule has 2 aliphatic rings. The van der Waals surface area contributed by atoms with Gasteiger partial charge in [0.25, 0.3) is 0 Å². The van der Waals surface area contributed by atoms with Crippen LogP contribution < -0.4 is 0 Å². The van der Waals surface area contributed by atoms with Crippen LogP contribution in [0.1, 0.15) is 17.5 Å². The number of fused-ring (bicyclic) bond motifs is 2. The molecule has 3 nitrogen and oxygen atoms in total. The highest BCUT2D eigenvalue weighted by molar-refractivity contribution is 5.79. The van der Waals surface area contributed by atoms with Crippen LogP contribution in [0.5, 0.6) is 0 Å². The SMILES string of the molecule is Fc1ccccc1CN1CC[C@@H]2CN(Cc3ccc4[nH]ccc4c3)C[C@@H]21. The molecule has 3 heterocycles. The van der Waals surface area contributed by atoms with Crippen molar-refractivity contribution < 1.29 is 4.39 Å². The number of benzene rings is 2. The van der Waals surface area contributed by atoms with Gasteiger partial charge in [-0.3, -0.25) is 9.80 Å². The Morgan fingerprint density at radius 1 is 1.04 bits per heavy atom. The molecule has 4 heteroatoms. The topological polar surface area (TPSA) is 22.3 Å². The summed E-state index contributed by atoms with van der Waals surface area (Å²) in [6, 6.07) is 16.6. The largest absolute Gasteiger partial charge is 0.361 e. The van der Waals surface area contributed by atoms with Gasteiger partial charge >= 0.3 is 0 Å². The normalized spacial score (nSPS) is 23.7. The highest BCUT2D eigenvalue weighted by Gasteiger charge is 2.41. The van der Waals surface area contributed by atoms with Gasteiger partial charge in [0.05, 0.1) is 0 Å². The van der Waals surface area contributed by atoms with E-state index in [0.29, 0.717) is 6.04 Å². The van der Waals surface area contributed by atoms with Gasteiger partial charge in [-0.2, -0.15) is 0 Å². The zero-order chi connectivity index (χ0) is 17.5. The molecule has 5 rings (SSSR count). The molecular formula is C22H24FN3. The van der Waals surface area contributed by atoms with Gasteiger partial charge in [-0.05, 0) is 54.1 Å². The molecule has 2 aliphatic heterocycles. The lowest BCUT2D eigenvalue weighted by atomic mass is 10.0. The maximum atomic E-state index is 14.0. The number of hydrogen-bond donors (Lipinski definition) is 1. The van der Waals surface area contributed by atoms with Crippen LogP contribution in [0.2, 0.25) is 0 Å². The minimum Gasteiger partial charge on any atom is -0.361 e. The van der Waals surface area contributed by atoms with E-state index in [4.69, 9.17) is 0 Å². The lowest BCUT2D eigenvalue weighted by Gasteiger charge is -2.25. The second kappa shape index (κ2) is 6.53. The predicted octanol–water partition coefficient (Wildman–Crippen LogP) is 4.01. The summed E-state index contributed by atoms with van der Waals surface area (Å²) in [5.41, 5.74) is 3.39. The van der Waals surface area contributed by atoms with Crippen molar-refractivity contribution in [3.05, 3.63) is 71.7 Å². The Morgan fingerprint density at radius 3 is 2.88 bits per heavy atom. The van der Waals surface area contributed by atoms with Crippen molar-refractivity contribution in [2.75, 3.05) is 19.6 Å². The van der Waals surface area contributed by atoms with Gasteiger partial charge < -0.3 is 4.98 Å². The number of rotatable bonds is 4. The standard InChI is InChI=1S/C22H24FN3/c23-20-4-2-1-3-18(20)14-26-10-8-19-13-25(15-22(19)26)12-16-5-6-21-17(11-16)7-9-24-21/h1-7,9,11,19,22,24H,8,10,12-15H2/t19-,22+/m1/s1. The highest BCUT2D eigenvalue weighted by Crippen LogP contribution is 2.33. The Balaban J connectivity index is 1.26. The van der Waals surface area contributed by atoms with Crippen LogP contribution in [0.4, 0.5) is 4.39 Å². The molecule has 26 heavy (non-hydrogen) atoms. The van der Waals surface area contributed by atoms with E-state index in [1.807, 2.05) is 18.3 Å². The predicted molar refractivity (Wildman–Crippen MR) is 102 cm³/mol. The Kier molecular flexibility index (Phi) is 4.03. The third kappa shape index (κ3) is 2.93. The molecule has 3 aromatic rings. The third-order valence-corrected chi connectivity index (χ3v) is 6.09. The number of aromatic amines is 1. The summed E-state index contributed by atoms with van der Waals surface area (Å²) in [5.74, 6) is 0.642. The summed E-state index contributed by atoms with van der Waals surface area (Å²) in [5, 5.41) is 1.28. The Bertz CT molecular complexity index is 918. The van der Waals surface area contributed by atoms with Crippen molar-refractivity contribution in [1.82, 2.24) is 14.8 Å². The fourth-order valence-corrected chi connectivity index (χ4v) is 4.77. The Hall–Kier alpha value is -2.17. The van der Waals surface area contributed by atoms with E-state index in [1.165, 1.54) is 22.9 Å². The van der Waals surface area contributed by atoms with Crippen molar-refractivity contribution >= 4 is 10.9 Å². The molecule has 2 fully saturated rings. The van der Waals surface area contributed by atoms with E-state index < -0.39 is 0 Å². The molecule has 1 N–H and O–H groups in total. The number of likely N-dealkylation sites (tertiary alicyclic amines) is 2. The maximum Gasteiger partial charge on any atom is 0.127 e. The van der Waals surface area contributed by atoms with Crippen LogP contribution in [0.3, 0.4) is 0 Å². The van der Waals surface area contributed by atoms with Crippen LogP contribution >= 0.6 is 0 Å². The fourth-order valence-electron chi connectivity index (χ4n) is 4.77. The molecule has 2 saturated heterocycles. The number of aromatic nitrogens is 1. The first-order valence-electron chi connectivity index (χ1n) is 9.52. The third-order valence-electron chi connectivity index (χ3n) is 6.09. The molecule has 0 spiro atoms. The van der Waals surface area contributed by atoms with Crippen LogP contribution in [-0.2, 0) is 13.1 Å². The zero-order valence-corrected chi connectivity index (χ0v) is 14.9. The van der Waals surface area contributed by atoms with Gasteiger partial charge in [-0.25, -0.2) is 4.39 Å². The number of hydrogen-bond acceptors (Lipinski definition) is 2. The van der Waals surface area contributed by atoms with Gasteiger partial charge in [0.2, 0.25) is 0 Å². The average Bonchev–Trinajstić information content (AvgIpc) is 3.33. The van der Waals surface area contributed by atoms with E-state index in [0.717, 1.165) is 44.2 Å². The number of halogens is 1. The van der Waals surface area contributed by atoms with Crippen LogP contribution in [0.25, 0.3) is 10.9 Å². The molecule has 2 aromatic carbocycles. The first-order chi connectivity index (χ1) is 12.8. The first-order valence-corrected chi connectivity index (χ1v) is 9.52. The molecule has 0 aliphatic carbocycles. The summed E-state index contributed by atoms with van der Waals surface area (Å²) in [4.78, 5) is 8.31. The van der Waals surface area contributed by atoms with Crippen molar-refractivity contribution in [3.63, 3.8) is 0 Å². The molecular weight excluding hydrogens is 325 g/mol. The number of nitrogens with zero attached hydrogens (tertiary/aromatic N) is 2. The number of nitrogens with one attached hydrogen (secondary N) is 1. The van der Waals surface area contributed by atoms with Crippen LogP contribution in [0, 0.1) is 11.7 Å². The minimum atomic E-state index is -0.0781. The molecule has 0 unspecified atom stereocenters. The summed E-state index contributed by atoms with van der Waals surface area (Å²) in [6.07, 6.45) is 3.22. The quantitative estimate of drug-likeness (QED) is 0.769. The highest BCUT2D eigenvalue weighted by atomic mass is 19.1. The Morgan fingerprint density at radius 2 is 1.96 bits per heavy atom. The van der Waals surface area contributed by atoms with Crippen molar-refractivity contribution in [2.24, 2.45) is 5.92 Å². The molecule has 0 saturated carbocycles. The van der Waals surface area contributed by atoms with Gasteiger partial charge in [-0.15, -0.1) is 0 Å². The lowest BCUT2D eigenvalue weighted by Crippen LogP contribution is -2.34. The van der Waals surface area contributed by atoms with E-state index in [9.17, 15) is 4.39 Å². The maximum absolute atomic E-state index is 14.0. The van der Waals surface area contributed by atoms with Crippen LogP contribution in [0.15, 0.2) is 54.7 Å². The van der Waals surface area contributed by atoms with Crippen molar-refractivity contribution in [2.45, 2.75) is 25.6 Å². The minimum absolute atomic E-state index is 0.0781. The first kappa shape index (κ1) is 16.0. The van der Waals surface area contributed by atoms with Crippen molar-refractivity contribution in [3.8, 4) is 0 Å². The van der Waals surface area contributed by atoms with Crippen molar-refractivity contribution in [1.29, 1.82) is 0 Å². The van der Waals surface area contributed by atoms with Gasteiger partial charge in [-0.1, -0.05) is 24.3 Å².